The first-order chi connectivity index (χ1) is 32.2. The lowest BCUT2D eigenvalue weighted by atomic mass is 9.84. The first-order valence-corrected chi connectivity index (χ1v) is 24.1. The molecule has 4 aromatic heterocycles. The minimum absolute atomic E-state index is 0.00120. The van der Waals surface area contributed by atoms with Gasteiger partial charge >= 0.3 is 0 Å². The second-order valence-electron chi connectivity index (χ2n) is 23.5. The quantitative estimate of drug-likeness (QED) is 0.165. The van der Waals surface area contributed by atoms with E-state index in [-0.39, 0.29) is 21.7 Å². The van der Waals surface area contributed by atoms with E-state index in [4.69, 9.17) is 17.7 Å². The van der Waals surface area contributed by atoms with Crippen molar-refractivity contribution in [1.29, 1.82) is 0 Å². The number of furan rings is 4. The molecule has 0 aliphatic rings. The van der Waals surface area contributed by atoms with Crippen LogP contribution in [0.5, 0.6) is 0 Å². The average molecular weight is 891 g/mol. The number of benzene rings is 8. The Kier molecular flexibility index (Phi) is 8.87. The van der Waals surface area contributed by atoms with Crippen molar-refractivity contribution in [1.82, 2.24) is 0 Å². The number of hydrogen-bond acceptors (Lipinski definition) is 4. The summed E-state index contributed by atoms with van der Waals surface area (Å²) < 4.78 is 27.5. The molecule has 4 nitrogen and oxygen atoms in total. The van der Waals surface area contributed by atoms with Gasteiger partial charge in [-0.3, -0.25) is 0 Å². The summed E-state index contributed by atoms with van der Waals surface area (Å²) in [5.74, 6) is 3.26. The zero-order valence-corrected chi connectivity index (χ0v) is 41.3. The lowest BCUT2D eigenvalue weighted by Crippen LogP contribution is -2.10. The van der Waals surface area contributed by atoms with Crippen molar-refractivity contribution < 1.29 is 17.7 Å². The summed E-state index contributed by atoms with van der Waals surface area (Å²) in [5, 5.41) is 11.0. The summed E-state index contributed by atoms with van der Waals surface area (Å²) in [6.07, 6.45) is 0. The van der Waals surface area contributed by atoms with E-state index >= 15 is 0 Å². The SMILES string of the molecule is CC(C)(C)c1ccc2oc(-c3cc(-c4cc5cc(C(C)(C)C)ccc5o4)c4ccc5c(-c6cc7cc(C(C)(C)C)ccc7o6)cc(-c6cc7cc(C(C)(C)C)ccc7o6)c6ccc3c4c65)cc2c1. The molecule has 338 valence electrons. The molecule has 12 aromatic rings. The molecule has 0 spiro atoms. The van der Waals surface area contributed by atoms with Crippen LogP contribution in [0.4, 0.5) is 0 Å². The largest absolute Gasteiger partial charge is 0.456 e. The van der Waals surface area contributed by atoms with Crippen molar-refractivity contribution >= 4 is 76.2 Å². The summed E-state index contributed by atoms with van der Waals surface area (Å²) in [6.45, 7) is 27.1. The molecule has 0 aliphatic carbocycles. The normalized spacial score (nSPS) is 13.3. The molecule has 0 saturated carbocycles. The summed E-state index contributed by atoms with van der Waals surface area (Å²) >= 11 is 0. The Labute approximate surface area is 397 Å². The summed E-state index contributed by atoms with van der Waals surface area (Å²) in [7, 11) is 0. The van der Waals surface area contributed by atoms with Crippen LogP contribution in [0.25, 0.3) is 121 Å². The Morgan fingerprint density at radius 2 is 0.471 bits per heavy atom. The van der Waals surface area contributed by atoms with E-state index in [0.29, 0.717) is 0 Å². The van der Waals surface area contributed by atoms with E-state index in [0.717, 1.165) is 121 Å². The fourth-order valence-electron chi connectivity index (χ4n) is 10.4. The predicted molar refractivity (Wildman–Crippen MR) is 286 cm³/mol. The molecular formula is C64H58O4. The highest BCUT2D eigenvalue weighted by Gasteiger charge is 2.27. The number of hydrogen-bond donors (Lipinski definition) is 0. The van der Waals surface area contributed by atoms with Gasteiger partial charge < -0.3 is 17.7 Å². The van der Waals surface area contributed by atoms with Crippen LogP contribution in [0.3, 0.4) is 0 Å². The van der Waals surface area contributed by atoms with E-state index in [9.17, 15) is 0 Å². The third kappa shape index (κ3) is 6.78. The Morgan fingerprint density at radius 1 is 0.250 bits per heavy atom. The van der Waals surface area contributed by atoms with Gasteiger partial charge in [0, 0.05) is 43.8 Å². The highest BCUT2D eigenvalue weighted by atomic mass is 16.3. The maximum atomic E-state index is 6.87. The van der Waals surface area contributed by atoms with Gasteiger partial charge in [0.1, 0.15) is 45.4 Å². The summed E-state index contributed by atoms with van der Waals surface area (Å²) in [5.41, 5.74) is 12.6. The molecule has 0 aliphatic heterocycles. The minimum atomic E-state index is -0.00120. The van der Waals surface area contributed by atoms with Gasteiger partial charge in [0.15, 0.2) is 0 Å². The van der Waals surface area contributed by atoms with Gasteiger partial charge in [0.05, 0.1) is 0 Å². The van der Waals surface area contributed by atoms with Crippen molar-refractivity contribution in [2.45, 2.75) is 105 Å². The van der Waals surface area contributed by atoms with E-state index in [1.165, 1.54) is 22.3 Å². The van der Waals surface area contributed by atoms with Crippen molar-refractivity contribution in [3.8, 4) is 45.3 Å². The van der Waals surface area contributed by atoms with Gasteiger partial charge in [-0.25, -0.2) is 0 Å². The Bertz CT molecular complexity index is 3480. The van der Waals surface area contributed by atoms with Gasteiger partial charge in [0.25, 0.3) is 0 Å². The van der Waals surface area contributed by atoms with Gasteiger partial charge in [-0.05, 0) is 161 Å². The molecule has 8 aromatic carbocycles. The zero-order chi connectivity index (χ0) is 47.4. The van der Waals surface area contributed by atoms with Gasteiger partial charge in [-0.2, -0.15) is 0 Å². The molecule has 0 unspecified atom stereocenters. The first-order valence-electron chi connectivity index (χ1n) is 24.1. The van der Waals surface area contributed by atoms with Gasteiger partial charge in [0.2, 0.25) is 0 Å². The molecule has 0 fully saturated rings. The molecule has 68 heavy (non-hydrogen) atoms. The minimum Gasteiger partial charge on any atom is -0.456 e. The van der Waals surface area contributed by atoms with E-state index in [1.807, 2.05) is 0 Å². The van der Waals surface area contributed by atoms with Crippen LogP contribution >= 0.6 is 0 Å². The lowest BCUT2D eigenvalue weighted by molar-refractivity contribution is 0.589. The van der Waals surface area contributed by atoms with Crippen molar-refractivity contribution in [3.63, 3.8) is 0 Å². The fraction of sp³-hybridized carbons (Fsp3) is 0.250. The molecule has 0 saturated heterocycles. The van der Waals surface area contributed by atoms with E-state index < -0.39 is 0 Å². The second-order valence-corrected chi connectivity index (χ2v) is 23.5. The summed E-state index contributed by atoms with van der Waals surface area (Å²) in [6, 6.07) is 48.9. The predicted octanol–water partition coefficient (Wildman–Crippen LogP) is 19.4. The summed E-state index contributed by atoms with van der Waals surface area (Å²) in [4.78, 5) is 0. The fourth-order valence-corrected chi connectivity index (χ4v) is 10.4. The first kappa shape index (κ1) is 42.3. The van der Waals surface area contributed by atoms with Gasteiger partial charge in [-0.15, -0.1) is 0 Å². The Morgan fingerprint density at radius 3 is 0.676 bits per heavy atom. The standard InChI is InChI=1S/C64H58O4/c1-61(2,3)39-13-21-51-35(25-39)29-55(65-51)47-33-48(56-30-36-26-40(62(4,5)6)14-22-52(36)66-56)44-19-20-46-50(58-32-38-28-42(64(10,11)12)16-24-54(38)68-58)34-49(45-18-17-43(47)59(44)60(45)46)57-31-37-27-41(63(7,8)9)15-23-53(37)67-57/h13-34H,1-12H3. The molecule has 0 atom stereocenters. The smallest absolute Gasteiger partial charge is 0.136 e. The molecule has 4 heteroatoms. The molecule has 12 rings (SSSR count). The van der Waals surface area contributed by atoms with Crippen LogP contribution in [0.15, 0.2) is 151 Å². The monoisotopic (exact) mass is 890 g/mol. The van der Waals surface area contributed by atoms with E-state index in [1.54, 1.807) is 0 Å². The average Bonchev–Trinajstić information content (AvgIpc) is 4.10. The van der Waals surface area contributed by atoms with Gasteiger partial charge in [-0.1, -0.05) is 132 Å². The second kappa shape index (κ2) is 14.2. The highest BCUT2D eigenvalue weighted by molar-refractivity contribution is 6.31. The molecule has 0 amide bonds. The highest BCUT2D eigenvalue weighted by Crippen LogP contribution is 2.51. The molecule has 0 bridgehead atoms. The Hall–Kier alpha value is -7.04. The maximum Gasteiger partial charge on any atom is 0.136 e. The molecule has 4 heterocycles. The van der Waals surface area contributed by atoms with Crippen molar-refractivity contribution in [2.24, 2.45) is 0 Å². The van der Waals surface area contributed by atoms with Crippen LogP contribution in [0, 0.1) is 0 Å². The molecule has 0 radical (unpaired) electrons. The molecule has 0 N–H and O–H groups in total. The topological polar surface area (TPSA) is 52.6 Å². The van der Waals surface area contributed by atoms with Crippen molar-refractivity contribution in [3.05, 3.63) is 156 Å². The third-order valence-electron chi connectivity index (χ3n) is 14.5. The maximum absolute atomic E-state index is 6.87. The van der Waals surface area contributed by atoms with Crippen LogP contribution in [0.1, 0.15) is 105 Å². The van der Waals surface area contributed by atoms with Crippen molar-refractivity contribution in [2.75, 3.05) is 0 Å². The Balaban J connectivity index is 1.19. The van der Waals surface area contributed by atoms with E-state index in [2.05, 4.69) is 217 Å². The number of fused-ring (bicyclic) bond motifs is 4. The van der Waals surface area contributed by atoms with Crippen LogP contribution in [-0.2, 0) is 21.7 Å². The third-order valence-corrected chi connectivity index (χ3v) is 14.5. The van der Waals surface area contributed by atoms with Crippen LogP contribution in [-0.4, -0.2) is 0 Å². The van der Waals surface area contributed by atoms with Crippen LogP contribution < -0.4 is 0 Å². The lowest BCUT2D eigenvalue weighted by Gasteiger charge is -2.19. The number of rotatable bonds is 4. The van der Waals surface area contributed by atoms with Crippen LogP contribution in [0.2, 0.25) is 0 Å². The molecular weight excluding hydrogens is 833 g/mol. The zero-order valence-electron chi connectivity index (χ0n) is 41.3.